The van der Waals surface area contributed by atoms with E-state index in [1.165, 1.54) is 12.0 Å². The molecule has 1 aliphatic rings. The third-order valence-corrected chi connectivity index (χ3v) is 3.64. The van der Waals surface area contributed by atoms with Crippen LogP contribution in [0, 0.1) is 6.92 Å². The summed E-state index contributed by atoms with van der Waals surface area (Å²) in [5.74, 6) is 0.0802. The molecule has 0 radical (unpaired) electrons. The maximum atomic E-state index is 12.2. The fraction of sp³-hybridized carbons (Fsp3) is 0.438. The summed E-state index contributed by atoms with van der Waals surface area (Å²) in [6.07, 6.45) is 6.84. The molecule has 1 saturated heterocycles. The molecule has 0 aliphatic carbocycles. The quantitative estimate of drug-likeness (QED) is 0.846. The molecule has 1 amide bonds. The fourth-order valence-electron chi connectivity index (χ4n) is 2.57. The highest BCUT2D eigenvalue weighted by molar-refractivity contribution is 5.92. The Labute approximate surface area is 115 Å². The normalized spacial score (nSPS) is 19.9. The third-order valence-electron chi connectivity index (χ3n) is 3.64. The molecular formula is C16H22N2O. The molecule has 2 rings (SSSR count). The number of hydrogen-bond donors (Lipinski definition) is 1. The first-order valence-corrected chi connectivity index (χ1v) is 6.96. The van der Waals surface area contributed by atoms with E-state index in [0.29, 0.717) is 6.54 Å². The second-order valence-electron chi connectivity index (χ2n) is 5.16. The van der Waals surface area contributed by atoms with Crippen molar-refractivity contribution in [2.75, 3.05) is 13.1 Å². The molecule has 1 fully saturated rings. The molecule has 102 valence electrons. The minimum absolute atomic E-state index is 0.0802. The molecule has 1 aliphatic heterocycles. The summed E-state index contributed by atoms with van der Waals surface area (Å²) >= 11 is 0. The van der Waals surface area contributed by atoms with Gasteiger partial charge in [-0.05, 0) is 37.8 Å². The van der Waals surface area contributed by atoms with Crippen molar-refractivity contribution in [3.63, 3.8) is 0 Å². The summed E-state index contributed by atoms with van der Waals surface area (Å²) in [5.41, 5.74) is 8.01. The van der Waals surface area contributed by atoms with Gasteiger partial charge in [0.1, 0.15) is 0 Å². The molecule has 0 saturated carbocycles. The van der Waals surface area contributed by atoms with Crippen LogP contribution in [0.1, 0.15) is 30.4 Å². The SMILES string of the molecule is Cc1cccc(C=CC(=O)N2CCCCC2CN)c1. The smallest absolute Gasteiger partial charge is 0.246 e. The number of piperidine rings is 1. The monoisotopic (exact) mass is 258 g/mol. The van der Waals surface area contributed by atoms with Crippen molar-refractivity contribution < 1.29 is 4.79 Å². The van der Waals surface area contributed by atoms with E-state index in [4.69, 9.17) is 5.73 Å². The lowest BCUT2D eigenvalue weighted by molar-refractivity contribution is -0.129. The van der Waals surface area contributed by atoms with Crippen molar-refractivity contribution in [1.82, 2.24) is 4.90 Å². The van der Waals surface area contributed by atoms with E-state index in [9.17, 15) is 4.79 Å². The highest BCUT2D eigenvalue weighted by Gasteiger charge is 2.23. The van der Waals surface area contributed by atoms with Crippen LogP contribution in [-0.4, -0.2) is 29.9 Å². The highest BCUT2D eigenvalue weighted by Crippen LogP contribution is 2.17. The van der Waals surface area contributed by atoms with Gasteiger partial charge in [0.05, 0.1) is 0 Å². The Bertz CT molecular complexity index is 468. The van der Waals surface area contributed by atoms with Crippen LogP contribution in [0.4, 0.5) is 0 Å². The number of nitrogens with zero attached hydrogens (tertiary/aromatic N) is 1. The topological polar surface area (TPSA) is 46.3 Å². The van der Waals surface area contributed by atoms with E-state index < -0.39 is 0 Å². The van der Waals surface area contributed by atoms with Crippen molar-refractivity contribution in [3.05, 3.63) is 41.5 Å². The minimum Gasteiger partial charge on any atom is -0.335 e. The van der Waals surface area contributed by atoms with Gasteiger partial charge in [-0.3, -0.25) is 4.79 Å². The minimum atomic E-state index is 0.0802. The number of carbonyl (C=O) groups excluding carboxylic acids is 1. The molecule has 19 heavy (non-hydrogen) atoms. The van der Waals surface area contributed by atoms with Gasteiger partial charge in [-0.25, -0.2) is 0 Å². The Morgan fingerprint density at radius 2 is 2.32 bits per heavy atom. The molecule has 1 aromatic rings. The van der Waals surface area contributed by atoms with Crippen LogP contribution in [0.2, 0.25) is 0 Å². The average Bonchev–Trinajstić information content (AvgIpc) is 2.45. The Kier molecular flexibility index (Phi) is 4.74. The van der Waals surface area contributed by atoms with E-state index in [1.54, 1.807) is 6.08 Å². The Morgan fingerprint density at radius 1 is 1.47 bits per heavy atom. The van der Waals surface area contributed by atoms with Gasteiger partial charge in [0.25, 0.3) is 0 Å². The third kappa shape index (κ3) is 3.67. The molecule has 1 heterocycles. The van der Waals surface area contributed by atoms with Crippen LogP contribution < -0.4 is 5.73 Å². The van der Waals surface area contributed by atoms with Gasteiger partial charge in [-0.2, -0.15) is 0 Å². The summed E-state index contributed by atoms with van der Waals surface area (Å²) in [5, 5.41) is 0. The summed E-state index contributed by atoms with van der Waals surface area (Å²) in [6, 6.07) is 8.34. The van der Waals surface area contributed by atoms with Crippen LogP contribution in [0.5, 0.6) is 0 Å². The van der Waals surface area contributed by atoms with Gasteiger partial charge in [-0.1, -0.05) is 29.8 Å². The first kappa shape index (κ1) is 13.8. The maximum absolute atomic E-state index is 12.2. The lowest BCUT2D eigenvalue weighted by Crippen LogP contribution is -2.46. The molecule has 1 atom stereocenters. The summed E-state index contributed by atoms with van der Waals surface area (Å²) in [4.78, 5) is 14.1. The van der Waals surface area contributed by atoms with E-state index in [-0.39, 0.29) is 11.9 Å². The lowest BCUT2D eigenvalue weighted by Gasteiger charge is -2.34. The summed E-state index contributed by atoms with van der Waals surface area (Å²) in [7, 11) is 0. The largest absolute Gasteiger partial charge is 0.335 e. The van der Waals surface area contributed by atoms with Crippen LogP contribution in [-0.2, 0) is 4.79 Å². The standard InChI is InChI=1S/C16H22N2O/c1-13-5-4-6-14(11-13)8-9-16(19)18-10-3-2-7-15(18)12-17/h4-6,8-9,11,15H,2-3,7,10,12,17H2,1H3. The first-order valence-electron chi connectivity index (χ1n) is 6.96. The molecule has 2 N–H and O–H groups in total. The lowest BCUT2D eigenvalue weighted by atomic mass is 10.0. The predicted octanol–water partition coefficient (Wildman–Crippen LogP) is 2.35. The molecule has 0 bridgehead atoms. The van der Waals surface area contributed by atoms with Crippen LogP contribution in [0.25, 0.3) is 6.08 Å². The number of hydrogen-bond acceptors (Lipinski definition) is 2. The van der Waals surface area contributed by atoms with E-state index in [1.807, 2.05) is 36.1 Å². The molecule has 1 unspecified atom stereocenters. The van der Waals surface area contributed by atoms with Crippen LogP contribution in [0.3, 0.4) is 0 Å². The van der Waals surface area contributed by atoms with Crippen molar-refractivity contribution in [3.8, 4) is 0 Å². The molecular weight excluding hydrogens is 236 g/mol. The van der Waals surface area contributed by atoms with Gasteiger partial charge < -0.3 is 10.6 Å². The zero-order chi connectivity index (χ0) is 13.7. The average molecular weight is 258 g/mol. The number of carbonyl (C=O) groups is 1. The van der Waals surface area contributed by atoms with Crippen molar-refractivity contribution in [1.29, 1.82) is 0 Å². The van der Waals surface area contributed by atoms with Gasteiger partial charge in [0.2, 0.25) is 5.91 Å². The van der Waals surface area contributed by atoms with Crippen molar-refractivity contribution in [2.24, 2.45) is 5.73 Å². The van der Waals surface area contributed by atoms with Gasteiger partial charge in [-0.15, -0.1) is 0 Å². The Balaban J connectivity index is 2.03. The molecule has 0 aromatic heterocycles. The van der Waals surface area contributed by atoms with Gasteiger partial charge in [0.15, 0.2) is 0 Å². The molecule has 1 aromatic carbocycles. The zero-order valence-corrected chi connectivity index (χ0v) is 11.5. The Hall–Kier alpha value is -1.61. The molecule has 0 spiro atoms. The van der Waals surface area contributed by atoms with Crippen LogP contribution in [0.15, 0.2) is 30.3 Å². The van der Waals surface area contributed by atoms with E-state index in [0.717, 1.165) is 24.9 Å². The number of nitrogens with two attached hydrogens (primary N) is 1. The number of likely N-dealkylation sites (tertiary alicyclic amines) is 1. The number of benzene rings is 1. The van der Waals surface area contributed by atoms with Crippen molar-refractivity contribution >= 4 is 12.0 Å². The summed E-state index contributed by atoms with van der Waals surface area (Å²) < 4.78 is 0. The van der Waals surface area contributed by atoms with E-state index in [2.05, 4.69) is 6.07 Å². The van der Waals surface area contributed by atoms with Crippen molar-refractivity contribution in [2.45, 2.75) is 32.2 Å². The predicted molar refractivity (Wildman–Crippen MR) is 78.6 cm³/mol. The van der Waals surface area contributed by atoms with E-state index >= 15 is 0 Å². The molecule has 3 heteroatoms. The number of amides is 1. The highest BCUT2D eigenvalue weighted by atomic mass is 16.2. The first-order chi connectivity index (χ1) is 9.20. The second kappa shape index (κ2) is 6.53. The number of aryl methyl sites for hydroxylation is 1. The zero-order valence-electron chi connectivity index (χ0n) is 11.5. The van der Waals surface area contributed by atoms with Gasteiger partial charge in [0, 0.05) is 25.2 Å². The van der Waals surface area contributed by atoms with Crippen LogP contribution >= 0.6 is 0 Å². The maximum Gasteiger partial charge on any atom is 0.246 e. The summed E-state index contributed by atoms with van der Waals surface area (Å²) in [6.45, 7) is 3.44. The molecule has 3 nitrogen and oxygen atoms in total. The van der Waals surface area contributed by atoms with Gasteiger partial charge >= 0.3 is 0 Å². The number of rotatable bonds is 3. The Morgan fingerprint density at radius 3 is 3.05 bits per heavy atom. The second-order valence-corrected chi connectivity index (χ2v) is 5.16. The fourth-order valence-corrected chi connectivity index (χ4v) is 2.57.